The molecule has 0 saturated carbocycles. The number of fused-ring (bicyclic) bond motifs is 1. The molecule has 0 saturated heterocycles. The molecule has 2 amide bonds. The molecule has 2 heterocycles. The van der Waals surface area contributed by atoms with Crippen molar-refractivity contribution in [2.45, 2.75) is 0 Å². The van der Waals surface area contributed by atoms with Crippen LogP contribution in [0.15, 0.2) is 36.7 Å². The summed E-state index contributed by atoms with van der Waals surface area (Å²) in [5, 5.41) is 2.67. The Morgan fingerprint density at radius 2 is 2.00 bits per heavy atom. The molecule has 0 fully saturated rings. The molecule has 24 heavy (non-hydrogen) atoms. The second-order valence-corrected chi connectivity index (χ2v) is 4.91. The van der Waals surface area contributed by atoms with Crippen molar-refractivity contribution in [1.82, 2.24) is 9.97 Å². The van der Waals surface area contributed by atoms with Gasteiger partial charge in [-0.2, -0.15) is 0 Å². The molecule has 0 aliphatic carbocycles. The van der Waals surface area contributed by atoms with Crippen molar-refractivity contribution in [3.63, 3.8) is 0 Å². The van der Waals surface area contributed by atoms with Gasteiger partial charge in [0.1, 0.15) is 6.54 Å². The van der Waals surface area contributed by atoms with E-state index in [0.717, 1.165) is 0 Å². The molecule has 122 valence electrons. The Morgan fingerprint density at radius 3 is 2.79 bits per heavy atom. The molecule has 9 heteroatoms. The lowest BCUT2D eigenvalue weighted by atomic mass is 10.2. The van der Waals surface area contributed by atoms with E-state index in [1.807, 2.05) is 0 Å². The summed E-state index contributed by atoms with van der Waals surface area (Å²) in [4.78, 5) is 44.7. The van der Waals surface area contributed by atoms with Crippen LogP contribution in [0.2, 0.25) is 0 Å². The minimum Gasteiger partial charge on any atom is -0.451 e. The van der Waals surface area contributed by atoms with Crippen LogP contribution in [-0.4, -0.2) is 40.9 Å². The predicted octanol–water partition coefficient (Wildman–Crippen LogP) is 0.201. The maximum Gasteiger partial charge on any atom is 0.361 e. The third-order valence-electron chi connectivity index (χ3n) is 3.32. The summed E-state index contributed by atoms with van der Waals surface area (Å²) in [5.74, 6) is -1.80. The van der Waals surface area contributed by atoms with Gasteiger partial charge >= 0.3 is 5.97 Å². The molecule has 3 rings (SSSR count). The van der Waals surface area contributed by atoms with Gasteiger partial charge in [0.15, 0.2) is 18.1 Å². The maximum absolute atomic E-state index is 12.3. The van der Waals surface area contributed by atoms with Gasteiger partial charge in [-0.15, -0.1) is 0 Å². The van der Waals surface area contributed by atoms with Crippen molar-refractivity contribution in [3.8, 4) is 0 Å². The van der Waals surface area contributed by atoms with Crippen molar-refractivity contribution in [3.05, 3.63) is 42.4 Å². The fraction of sp³-hybridized carbons (Fsp3) is 0.133. The Hall–Kier alpha value is -3.49. The zero-order valence-electron chi connectivity index (χ0n) is 12.4. The summed E-state index contributed by atoms with van der Waals surface area (Å²) in [6.07, 6.45) is 2.63. The van der Waals surface area contributed by atoms with Crippen LogP contribution in [0.25, 0.3) is 0 Å². The highest BCUT2D eigenvalue weighted by molar-refractivity contribution is 6.10. The lowest BCUT2D eigenvalue weighted by Gasteiger charge is -2.28. The minimum atomic E-state index is -0.858. The quantitative estimate of drug-likeness (QED) is 0.771. The minimum absolute atomic E-state index is 0.0855. The van der Waals surface area contributed by atoms with Crippen molar-refractivity contribution in [2.24, 2.45) is 0 Å². The number of aromatic nitrogens is 2. The SMILES string of the molecule is Nc1nccnc1C(=O)OCC(=O)N1CC(=O)Nc2ccccc21. The van der Waals surface area contributed by atoms with Gasteiger partial charge in [-0.1, -0.05) is 12.1 Å². The summed E-state index contributed by atoms with van der Waals surface area (Å²) >= 11 is 0. The van der Waals surface area contributed by atoms with Crippen LogP contribution in [0.4, 0.5) is 17.2 Å². The molecule has 0 spiro atoms. The van der Waals surface area contributed by atoms with E-state index in [9.17, 15) is 14.4 Å². The van der Waals surface area contributed by atoms with Gasteiger partial charge in [-0.25, -0.2) is 14.8 Å². The summed E-state index contributed by atoms with van der Waals surface area (Å²) in [6.45, 7) is -0.697. The number of carbonyl (C=O) groups is 3. The van der Waals surface area contributed by atoms with E-state index >= 15 is 0 Å². The molecule has 0 bridgehead atoms. The molecule has 9 nitrogen and oxygen atoms in total. The van der Waals surface area contributed by atoms with Crippen molar-refractivity contribution >= 4 is 35.0 Å². The van der Waals surface area contributed by atoms with Crippen LogP contribution in [0.3, 0.4) is 0 Å². The molecule has 1 aromatic heterocycles. The first-order valence-corrected chi connectivity index (χ1v) is 6.99. The number of nitrogen functional groups attached to an aromatic ring is 1. The second kappa shape index (κ2) is 6.32. The van der Waals surface area contributed by atoms with E-state index in [-0.39, 0.29) is 24.0 Å². The van der Waals surface area contributed by atoms with Crippen LogP contribution in [0.5, 0.6) is 0 Å². The number of esters is 1. The van der Waals surface area contributed by atoms with Gasteiger partial charge in [-0.05, 0) is 12.1 Å². The number of nitrogens with zero attached hydrogens (tertiary/aromatic N) is 3. The standard InChI is InChI=1S/C15H13N5O4/c16-14-13(17-5-6-18-14)15(23)24-8-12(22)20-7-11(21)19-9-3-1-2-4-10(9)20/h1-6H,7-8H2,(H2,16,18)(H,19,21). The molecule has 1 aliphatic heterocycles. The fourth-order valence-electron chi connectivity index (χ4n) is 2.24. The van der Waals surface area contributed by atoms with Gasteiger partial charge in [-0.3, -0.25) is 14.5 Å². The highest BCUT2D eigenvalue weighted by atomic mass is 16.5. The molecule has 0 atom stereocenters. The van der Waals surface area contributed by atoms with Crippen molar-refractivity contribution in [1.29, 1.82) is 0 Å². The molecule has 0 radical (unpaired) electrons. The number of rotatable bonds is 3. The van der Waals surface area contributed by atoms with Crippen molar-refractivity contribution < 1.29 is 19.1 Å². The van der Waals surface area contributed by atoms with Crippen LogP contribution in [0.1, 0.15) is 10.5 Å². The highest BCUT2D eigenvalue weighted by Gasteiger charge is 2.27. The van der Waals surface area contributed by atoms with Crippen LogP contribution in [0, 0.1) is 0 Å². The Kier molecular flexibility index (Phi) is 4.06. The van der Waals surface area contributed by atoms with E-state index in [2.05, 4.69) is 15.3 Å². The largest absolute Gasteiger partial charge is 0.451 e. The summed E-state index contributed by atoms with van der Waals surface area (Å²) in [7, 11) is 0. The molecular formula is C15H13N5O4. The average Bonchev–Trinajstić information content (AvgIpc) is 2.59. The Balaban J connectivity index is 1.71. The summed E-state index contributed by atoms with van der Waals surface area (Å²) < 4.78 is 4.93. The van der Waals surface area contributed by atoms with E-state index in [4.69, 9.17) is 10.5 Å². The third-order valence-corrected chi connectivity index (χ3v) is 3.32. The van der Waals surface area contributed by atoms with Gasteiger partial charge in [0.2, 0.25) is 5.91 Å². The topological polar surface area (TPSA) is 128 Å². The van der Waals surface area contributed by atoms with Gasteiger partial charge < -0.3 is 15.8 Å². The molecular weight excluding hydrogens is 314 g/mol. The van der Waals surface area contributed by atoms with Crippen LogP contribution >= 0.6 is 0 Å². The first-order valence-electron chi connectivity index (χ1n) is 6.99. The Morgan fingerprint density at radius 1 is 1.25 bits per heavy atom. The number of hydrogen-bond donors (Lipinski definition) is 2. The number of para-hydroxylation sites is 2. The zero-order chi connectivity index (χ0) is 17.1. The normalized spacial score (nSPS) is 13.0. The lowest BCUT2D eigenvalue weighted by molar-refractivity contribution is -0.124. The number of ether oxygens (including phenoxy) is 1. The molecule has 1 aromatic carbocycles. The number of anilines is 3. The monoisotopic (exact) mass is 327 g/mol. The van der Waals surface area contributed by atoms with Crippen LogP contribution in [-0.2, 0) is 14.3 Å². The van der Waals surface area contributed by atoms with Gasteiger partial charge in [0.05, 0.1) is 11.4 Å². The Labute approximate surface area is 136 Å². The highest BCUT2D eigenvalue weighted by Crippen LogP contribution is 2.28. The molecule has 0 unspecified atom stereocenters. The number of nitrogens with two attached hydrogens (primary N) is 1. The Bertz CT molecular complexity index is 823. The number of hydrogen-bond acceptors (Lipinski definition) is 7. The summed E-state index contributed by atoms with van der Waals surface area (Å²) in [5.41, 5.74) is 6.42. The summed E-state index contributed by atoms with van der Waals surface area (Å²) in [6, 6.07) is 6.85. The molecule has 3 N–H and O–H groups in total. The first kappa shape index (κ1) is 15.4. The number of amides is 2. The number of nitrogens with one attached hydrogen (secondary N) is 1. The fourth-order valence-corrected chi connectivity index (χ4v) is 2.24. The maximum atomic E-state index is 12.3. The van der Waals surface area contributed by atoms with Gasteiger partial charge in [0, 0.05) is 12.4 Å². The zero-order valence-corrected chi connectivity index (χ0v) is 12.4. The molecule has 1 aliphatic rings. The number of benzene rings is 1. The third kappa shape index (κ3) is 3.00. The average molecular weight is 327 g/mol. The van der Waals surface area contributed by atoms with E-state index < -0.39 is 18.5 Å². The lowest BCUT2D eigenvalue weighted by Crippen LogP contribution is -2.44. The number of carbonyl (C=O) groups excluding carboxylic acids is 3. The van der Waals surface area contributed by atoms with E-state index in [1.54, 1.807) is 24.3 Å². The first-order chi connectivity index (χ1) is 11.6. The second-order valence-electron chi connectivity index (χ2n) is 4.91. The van der Waals surface area contributed by atoms with Crippen molar-refractivity contribution in [2.75, 3.05) is 29.1 Å². The van der Waals surface area contributed by atoms with E-state index in [0.29, 0.717) is 11.4 Å². The smallest absolute Gasteiger partial charge is 0.361 e. The van der Waals surface area contributed by atoms with E-state index in [1.165, 1.54) is 17.3 Å². The van der Waals surface area contributed by atoms with Gasteiger partial charge in [0.25, 0.3) is 5.91 Å². The van der Waals surface area contributed by atoms with Crippen LogP contribution < -0.4 is 16.0 Å². The molecule has 2 aromatic rings. The predicted molar refractivity (Wildman–Crippen MR) is 84.2 cm³/mol.